The largest absolute Gasteiger partial charge is 0.534 e. The quantitative estimate of drug-likeness (QED) is 0.171. The van der Waals surface area contributed by atoms with Gasteiger partial charge in [-0.15, -0.1) is 0 Å². The molecule has 0 spiro atoms. The number of benzene rings is 1. The van der Waals surface area contributed by atoms with Crippen LogP contribution in [-0.2, 0) is 26.1 Å². The first-order valence-electron chi connectivity index (χ1n) is 10.2. The molecule has 0 bridgehead atoms. The summed E-state index contributed by atoms with van der Waals surface area (Å²) in [6.45, 7) is 9.33. The number of nitrogens with one attached hydrogen (secondary N) is 1. The zero-order valence-corrected chi connectivity index (χ0v) is 22.4. The average Bonchev–Trinajstić information content (AvgIpc) is 2.59. The normalized spacial score (nSPS) is 14.6. The number of rotatable bonds is 7. The summed E-state index contributed by atoms with van der Waals surface area (Å²) in [6.07, 6.45) is 0.255. The van der Waals surface area contributed by atoms with E-state index in [0.29, 0.717) is 13.1 Å². The second-order valence-corrected chi connectivity index (χ2v) is 11.0. The first-order valence-corrected chi connectivity index (χ1v) is 12.3. The molecular formula is C19H29F4N3O6S3. The third-order valence-electron chi connectivity index (χ3n) is 4.26. The molecule has 16 heteroatoms. The van der Waals surface area contributed by atoms with Crippen molar-refractivity contribution in [2.24, 2.45) is 0 Å². The maximum Gasteiger partial charge on any atom is 0.534 e. The minimum atomic E-state index is -6.05. The number of fused-ring (bicyclic) bond motifs is 1. The fraction of sp³-hybridized carbons (Fsp3) is 0.632. The highest BCUT2D eigenvalue weighted by Crippen LogP contribution is 2.41. The van der Waals surface area contributed by atoms with E-state index in [0.717, 1.165) is 18.6 Å². The Hall–Kier alpha value is -1.62. The van der Waals surface area contributed by atoms with Crippen LogP contribution in [0.3, 0.4) is 0 Å². The molecular weight excluding hydrogens is 538 g/mol. The van der Waals surface area contributed by atoms with Crippen LogP contribution in [0.2, 0.25) is 0 Å². The standard InChI is InChI=1S/C15H17F4N3O5S2.C4H10O.H2S/c1-3-26-10(23)7-9-8(2)11(16)12-13(22(20-12)28-21-5-4-6-21)14(9)27-29(24,25)15(17,18)19;1-4(2,3)5;/h20H,3-7H2,1-2H3;5H,1-3H3;1H2. The number of H-pyrrole nitrogens is 1. The second kappa shape index (κ2) is 11.6. The van der Waals surface area contributed by atoms with Gasteiger partial charge in [-0.2, -0.15) is 35.1 Å². The van der Waals surface area contributed by atoms with Gasteiger partial charge in [0.25, 0.3) is 0 Å². The summed E-state index contributed by atoms with van der Waals surface area (Å²) in [5, 5.41) is 11.1. The molecule has 35 heavy (non-hydrogen) atoms. The summed E-state index contributed by atoms with van der Waals surface area (Å²) >= 11 is 1.03. The maximum absolute atomic E-state index is 14.7. The number of carbonyl (C=O) groups excluding carboxylic acids is 1. The van der Waals surface area contributed by atoms with Crippen LogP contribution in [0.25, 0.3) is 11.0 Å². The van der Waals surface area contributed by atoms with E-state index in [2.05, 4.69) is 9.28 Å². The number of halogens is 4. The molecule has 0 amide bonds. The average molecular weight is 568 g/mol. The Kier molecular flexibility index (Phi) is 10.4. The van der Waals surface area contributed by atoms with Gasteiger partial charge in [0, 0.05) is 18.7 Å². The van der Waals surface area contributed by atoms with Gasteiger partial charge < -0.3 is 14.0 Å². The number of ether oxygens (including phenoxy) is 1. The van der Waals surface area contributed by atoms with E-state index in [-0.39, 0.29) is 42.3 Å². The summed E-state index contributed by atoms with van der Waals surface area (Å²) in [6, 6.07) is 0. The van der Waals surface area contributed by atoms with Gasteiger partial charge in [-0.3, -0.25) is 9.89 Å². The number of hydrogen-bond donors (Lipinski definition) is 2. The molecule has 3 rings (SSSR count). The lowest BCUT2D eigenvalue weighted by Gasteiger charge is -2.31. The topological polar surface area (TPSA) is 114 Å². The van der Waals surface area contributed by atoms with E-state index in [1.54, 1.807) is 20.8 Å². The van der Waals surface area contributed by atoms with Gasteiger partial charge >= 0.3 is 21.6 Å². The van der Waals surface area contributed by atoms with Gasteiger partial charge in [0.15, 0.2) is 11.6 Å². The lowest BCUT2D eigenvalue weighted by Crippen LogP contribution is -2.33. The van der Waals surface area contributed by atoms with Crippen molar-refractivity contribution in [2.45, 2.75) is 58.6 Å². The Bertz CT molecular complexity index is 1130. The van der Waals surface area contributed by atoms with Crippen molar-refractivity contribution in [1.82, 2.24) is 13.5 Å². The number of carbonyl (C=O) groups is 1. The van der Waals surface area contributed by atoms with Crippen molar-refractivity contribution in [1.29, 1.82) is 0 Å². The minimum absolute atomic E-state index is 0. The molecule has 0 atom stereocenters. The molecule has 0 radical (unpaired) electrons. The Morgan fingerprint density at radius 1 is 1.23 bits per heavy atom. The highest BCUT2D eigenvalue weighted by molar-refractivity contribution is 7.95. The minimum Gasteiger partial charge on any atom is -0.466 e. The van der Waals surface area contributed by atoms with Crippen LogP contribution in [0.5, 0.6) is 5.75 Å². The lowest BCUT2D eigenvalue weighted by molar-refractivity contribution is -0.142. The predicted molar refractivity (Wildman–Crippen MR) is 128 cm³/mol. The molecule has 2 heterocycles. The van der Waals surface area contributed by atoms with Crippen molar-refractivity contribution in [3.05, 3.63) is 16.9 Å². The van der Waals surface area contributed by atoms with Crippen LogP contribution >= 0.6 is 25.6 Å². The van der Waals surface area contributed by atoms with Gasteiger partial charge in [-0.05, 0) is 46.6 Å². The maximum atomic E-state index is 14.7. The van der Waals surface area contributed by atoms with Gasteiger partial charge in [0.1, 0.15) is 11.0 Å². The molecule has 1 aliphatic rings. The van der Waals surface area contributed by atoms with E-state index < -0.39 is 45.2 Å². The SMILES string of the molecule is CC(C)(C)O.CCOC(=O)Cc1c(C)c(F)c2[nH]n(SN3CCC3)c2c1OS(=O)(=O)C(F)(F)F.S. The van der Waals surface area contributed by atoms with Crippen molar-refractivity contribution >= 4 is 52.8 Å². The van der Waals surface area contributed by atoms with E-state index in [9.17, 15) is 30.8 Å². The van der Waals surface area contributed by atoms with Crippen LogP contribution in [0, 0.1) is 12.7 Å². The summed E-state index contributed by atoms with van der Waals surface area (Å²) in [5.74, 6) is -2.44. The lowest BCUT2D eigenvalue weighted by atomic mass is 10.0. The van der Waals surface area contributed by atoms with Crippen molar-refractivity contribution in [2.75, 3.05) is 19.7 Å². The number of aliphatic hydroxyl groups is 1. The van der Waals surface area contributed by atoms with Crippen molar-refractivity contribution in [3.63, 3.8) is 0 Å². The molecule has 2 aromatic rings. The zero-order valence-electron chi connectivity index (χ0n) is 19.7. The molecule has 1 aromatic heterocycles. The number of aromatic amines is 1. The number of nitrogens with zero attached hydrogens (tertiary/aromatic N) is 2. The van der Waals surface area contributed by atoms with Crippen LogP contribution in [0.4, 0.5) is 17.6 Å². The van der Waals surface area contributed by atoms with E-state index in [1.165, 1.54) is 17.9 Å². The second-order valence-electron chi connectivity index (χ2n) is 8.38. The molecule has 202 valence electrons. The first-order chi connectivity index (χ1) is 15.5. The molecule has 1 aliphatic heterocycles. The summed E-state index contributed by atoms with van der Waals surface area (Å²) in [7, 11) is -6.05. The number of hydrogen-bond acceptors (Lipinski definition) is 8. The Morgan fingerprint density at radius 2 is 1.77 bits per heavy atom. The van der Waals surface area contributed by atoms with E-state index in [1.807, 2.05) is 4.31 Å². The smallest absolute Gasteiger partial charge is 0.466 e. The molecule has 1 saturated heterocycles. The third-order valence-corrected chi connectivity index (χ3v) is 6.25. The Balaban J connectivity index is 0.000000927. The summed E-state index contributed by atoms with van der Waals surface area (Å²) < 4.78 is 88.9. The predicted octanol–water partition coefficient (Wildman–Crippen LogP) is 3.76. The molecule has 0 unspecified atom stereocenters. The van der Waals surface area contributed by atoms with Gasteiger partial charge in [0.05, 0.1) is 30.8 Å². The molecule has 2 N–H and O–H groups in total. The number of alkyl halides is 3. The molecule has 0 saturated carbocycles. The summed E-state index contributed by atoms with van der Waals surface area (Å²) in [4.78, 5) is 11.9. The molecule has 1 aromatic carbocycles. The fourth-order valence-corrected chi connectivity index (χ4v) is 4.15. The third kappa shape index (κ3) is 7.93. The van der Waals surface area contributed by atoms with E-state index >= 15 is 0 Å². The molecule has 9 nitrogen and oxygen atoms in total. The van der Waals surface area contributed by atoms with Crippen molar-refractivity contribution in [3.8, 4) is 5.75 Å². The van der Waals surface area contributed by atoms with Crippen molar-refractivity contribution < 1.29 is 44.8 Å². The van der Waals surface area contributed by atoms with Crippen LogP contribution < -0.4 is 4.18 Å². The molecule has 1 fully saturated rings. The highest BCUT2D eigenvalue weighted by Gasteiger charge is 2.49. The Morgan fingerprint density at radius 3 is 2.20 bits per heavy atom. The van der Waals surface area contributed by atoms with E-state index in [4.69, 9.17) is 9.84 Å². The highest BCUT2D eigenvalue weighted by atomic mass is 32.2. The van der Waals surface area contributed by atoms with Crippen LogP contribution in [0.1, 0.15) is 45.2 Å². The zero-order chi connectivity index (χ0) is 26.1. The van der Waals surface area contributed by atoms with Gasteiger partial charge in [-0.1, -0.05) is 0 Å². The monoisotopic (exact) mass is 567 g/mol. The fourth-order valence-electron chi connectivity index (χ4n) is 2.61. The van der Waals surface area contributed by atoms with Gasteiger partial charge in [-0.25, -0.2) is 12.8 Å². The van der Waals surface area contributed by atoms with Gasteiger partial charge in [0.2, 0.25) is 0 Å². The number of esters is 1. The Labute approximate surface area is 211 Å². The van der Waals surface area contributed by atoms with Crippen LogP contribution in [-0.4, -0.2) is 63.8 Å². The van der Waals surface area contributed by atoms with Crippen LogP contribution in [0.15, 0.2) is 0 Å². The molecule has 0 aliphatic carbocycles. The number of aromatic nitrogens is 2. The first kappa shape index (κ1) is 31.4. The summed E-state index contributed by atoms with van der Waals surface area (Å²) in [5.41, 5.74) is -7.18.